The number of amides is 1. The first-order chi connectivity index (χ1) is 15.6. The maximum absolute atomic E-state index is 13.9. The number of methoxy groups -OCH3 is 1. The standard InChI is InChI=1S/C25H23BrF3NO3/c1-17-14-16-24(23(32)33-2,15-8-11-18-9-4-3-5-10-18)30(22(31)25(27,28)29)21(17)19-12-6-7-13-20(19)26/h3-14,16-17,21H,15H2,1-2H3/b11-8+/t17-,21-,24+/m1/s1. The van der Waals surface area contributed by atoms with Gasteiger partial charge in [0.25, 0.3) is 0 Å². The van der Waals surface area contributed by atoms with Gasteiger partial charge >= 0.3 is 18.1 Å². The van der Waals surface area contributed by atoms with Gasteiger partial charge in [-0.2, -0.15) is 13.2 Å². The lowest BCUT2D eigenvalue weighted by atomic mass is 9.79. The lowest BCUT2D eigenvalue weighted by molar-refractivity contribution is -0.199. The summed E-state index contributed by atoms with van der Waals surface area (Å²) in [6.45, 7) is 1.71. The van der Waals surface area contributed by atoms with Crippen molar-refractivity contribution >= 4 is 33.9 Å². The average molecular weight is 522 g/mol. The van der Waals surface area contributed by atoms with Crippen molar-refractivity contribution in [2.75, 3.05) is 7.11 Å². The minimum absolute atomic E-state index is 0.194. The van der Waals surface area contributed by atoms with Gasteiger partial charge in [-0.15, -0.1) is 0 Å². The molecule has 0 bridgehead atoms. The molecule has 2 aromatic rings. The van der Waals surface area contributed by atoms with Crippen molar-refractivity contribution in [3.8, 4) is 0 Å². The number of carbonyl (C=O) groups is 2. The fraction of sp³-hybridized carbons (Fsp3) is 0.280. The molecule has 0 spiro atoms. The summed E-state index contributed by atoms with van der Waals surface area (Å²) < 4.78 is 47.0. The van der Waals surface area contributed by atoms with Crippen LogP contribution in [0.4, 0.5) is 13.2 Å². The molecule has 3 rings (SSSR count). The van der Waals surface area contributed by atoms with Crippen LogP contribution in [0, 0.1) is 5.92 Å². The molecule has 0 saturated heterocycles. The third-order valence-electron chi connectivity index (χ3n) is 5.64. The number of carbonyl (C=O) groups excluding carboxylic acids is 2. The lowest BCUT2D eigenvalue weighted by Gasteiger charge is -2.48. The number of alkyl halides is 3. The molecule has 0 aliphatic carbocycles. The monoisotopic (exact) mass is 521 g/mol. The summed E-state index contributed by atoms with van der Waals surface area (Å²) in [5.41, 5.74) is -0.701. The van der Waals surface area contributed by atoms with Gasteiger partial charge in [0, 0.05) is 10.9 Å². The quantitative estimate of drug-likeness (QED) is 0.352. The second kappa shape index (κ2) is 9.95. The van der Waals surface area contributed by atoms with E-state index in [1.807, 2.05) is 30.3 Å². The summed E-state index contributed by atoms with van der Waals surface area (Å²) in [4.78, 5) is 26.5. The molecule has 1 amide bonds. The minimum atomic E-state index is -5.19. The third kappa shape index (κ3) is 5.05. The zero-order valence-corrected chi connectivity index (χ0v) is 19.6. The normalized spacial score (nSPS) is 23.0. The maximum Gasteiger partial charge on any atom is 0.471 e. The van der Waals surface area contributed by atoms with Gasteiger partial charge < -0.3 is 9.64 Å². The predicted molar refractivity (Wildman–Crippen MR) is 123 cm³/mol. The summed E-state index contributed by atoms with van der Waals surface area (Å²) in [6, 6.07) is 14.8. The van der Waals surface area contributed by atoms with Crippen LogP contribution in [-0.2, 0) is 14.3 Å². The van der Waals surface area contributed by atoms with Crippen molar-refractivity contribution in [3.63, 3.8) is 0 Å². The topological polar surface area (TPSA) is 46.6 Å². The fourth-order valence-electron chi connectivity index (χ4n) is 4.09. The smallest absolute Gasteiger partial charge is 0.467 e. The van der Waals surface area contributed by atoms with Gasteiger partial charge in [-0.3, -0.25) is 4.79 Å². The Morgan fingerprint density at radius 1 is 1.12 bits per heavy atom. The molecule has 4 nitrogen and oxygen atoms in total. The Hall–Kier alpha value is -2.87. The zero-order chi connectivity index (χ0) is 24.2. The third-order valence-corrected chi connectivity index (χ3v) is 6.37. The number of hydrogen-bond donors (Lipinski definition) is 0. The Bertz CT molecular complexity index is 1070. The molecular weight excluding hydrogens is 499 g/mol. The molecule has 174 valence electrons. The molecule has 8 heteroatoms. The van der Waals surface area contributed by atoms with Crippen molar-refractivity contribution in [3.05, 3.63) is 88.4 Å². The van der Waals surface area contributed by atoms with E-state index in [1.165, 1.54) is 6.08 Å². The van der Waals surface area contributed by atoms with Gasteiger partial charge in [0.15, 0.2) is 5.54 Å². The van der Waals surface area contributed by atoms with E-state index in [0.717, 1.165) is 12.7 Å². The van der Waals surface area contributed by atoms with Crippen LogP contribution in [0.25, 0.3) is 6.08 Å². The van der Waals surface area contributed by atoms with Crippen LogP contribution < -0.4 is 0 Å². The van der Waals surface area contributed by atoms with Crippen molar-refractivity contribution < 1.29 is 27.5 Å². The molecule has 1 heterocycles. The highest BCUT2D eigenvalue weighted by Crippen LogP contribution is 2.46. The van der Waals surface area contributed by atoms with Crippen molar-refractivity contribution in [2.45, 2.75) is 31.1 Å². The molecule has 1 aliphatic rings. The number of halogens is 4. The summed E-state index contributed by atoms with van der Waals surface area (Å²) in [5.74, 6) is -3.54. The highest BCUT2D eigenvalue weighted by Gasteiger charge is 2.57. The van der Waals surface area contributed by atoms with Gasteiger partial charge in [0.1, 0.15) is 0 Å². The lowest BCUT2D eigenvalue weighted by Crippen LogP contribution is -2.62. The van der Waals surface area contributed by atoms with E-state index >= 15 is 0 Å². The van der Waals surface area contributed by atoms with Crippen LogP contribution in [0.3, 0.4) is 0 Å². The number of nitrogens with zero attached hydrogens (tertiary/aromatic N) is 1. The maximum atomic E-state index is 13.9. The summed E-state index contributed by atoms with van der Waals surface area (Å²) >= 11 is 3.39. The van der Waals surface area contributed by atoms with Gasteiger partial charge in [-0.25, -0.2) is 4.79 Å². The van der Waals surface area contributed by atoms with E-state index in [4.69, 9.17) is 4.74 Å². The van der Waals surface area contributed by atoms with Gasteiger partial charge in [0.05, 0.1) is 13.2 Å². The predicted octanol–water partition coefficient (Wildman–Crippen LogP) is 6.10. The Morgan fingerprint density at radius 3 is 2.36 bits per heavy atom. The molecule has 0 aromatic heterocycles. The van der Waals surface area contributed by atoms with Crippen LogP contribution in [0.1, 0.15) is 30.5 Å². The molecule has 0 fully saturated rings. The molecule has 0 unspecified atom stereocenters. The summed E-state index contributed by atoms with van der Waals surface area (Å²) in [6.07, 6.45) is 0.918. The zero-order valence-electron chi connectivity index (χ0n) is 18.1. The Kier molecular flexibility index (Phi) is 7.47. The number of ether oxygens (including phenoxy) is 1. The van der Waals surface area contributed by atoms with E-state index in [9.17, 15) is 22.8 Å². The fourth-order valence-corrected chi connectivity index (χ4v) is 4.61. The molecule has 2 aromatic carbocycles. The molecule has 3 atom stereocenters. The van der Waals surface area contributed by atoms with Crippen LogP contribution in [0.2, 0.25) is 0 Å². The first-order valence-electron chi connectivity index (χ1n) is 10.3. The summed E-state index contributed by atoms with van der Waals surface area (Å²) in [7, 11) is 1.10. The molecule has 0 radical (unpaired) electrons. The largest absolute Gasteiger partial charge is 0.471 e. The number of benzene rings is 2. The first-order valence-corrected chi connectivity index (χ1v) is 11.1. The number of hydrogen-bond acceptors (Lipinski definition) is 3. The van der Waals surface area contributed by atoms with Crippen molar-refractivity contribution in [2.24, 2.45) is 5.92 Å². The molecular formula is C25H23BrF3NO3. The second-order valence-electron chi connectivity index (χ2n) is 7.79. The van der Waals surface area contributed by atoms with Gasteiger partial charge in [0.2, 0.25) is 0 Å². The number of esters is 1. The molecule has 1 aliphatic heterocycles. The molecule has 0 saturated carbocycles. The van der Waals surface area contributed by atoms with E-state index < -0.39 is 35.6 Å². The van der Waals surface area contributed by atoms with Gasteiger partial charge in [-0.1, -0.05) is 95.7 Å². The van der Waals surface area contributed by atoms with E-state index in [2.05, 4.69) is 15.9 Å². The van der Waals surface area contributed by atoms with Crippen LogP contribution >= 0.6 is 15.9 Å². The van der Waals surface area contributed by atoms with Crippen LogP contribution in [-0.4, -0.2) is 35.6 Å². The van der Waals surface area contributed by atoms with Gasteiger partial charge in [-0.05, 0) is 23.1 Å². The molecule has 0 N–H and O–H groups in total. The van der Waals surface area contributed by atoms with E-state index in [1.54, 1.807) is 49.4 Å². The van der Waals surface area contributed by atoms with Crippen LogP contribution in [0.15, 0.2) is 77.3 Å². The second-order valence-corrected chi connectivity index (χ2v) is 8.64. The molecule has 33 heavy (non-hydrogen) atoms. The highest BCUT2D eigenvalue weighted by molar-refractivity contribution is 9.10. The van der Waals surface area contributed by atoms with Crippen molar-refractivity contribution in [1.82, 2.24) is 4.90 Å². The van der Waals surface area contributed by atoms with E-state index in [0.29, 0.717) is 14.9 Å². The van der Waals surface area contributed by atoms with Crippen LogP contribution in [0.5, 0.6) is 0 Å². The SMILES string of the molecule is COC(=O)[C@]1(C/C=C/c2ccccc2)C=C[C@@H](C)[C@H](c2ccccc2Br)N1C(=O)C(F)(F)F. The van der Waals surface area contributed by atoms with Crippen molar-refractivity contribution in [1.29, 1.82) is 0 Å². The Labute approximate surface area is 198 Å². The summed E-state index contributed by atoms with van der Waals surface area (Å²) in [5, 5.41) is 0. The van der Waals surface area contributed by atoms with E-state index in [-0.39, 0.29) is 6.42 Å². The first kappa shape index (κ1) is 24.8. The Morgan fingerprint density at radius 2 is 1.76 bits per heavy atom. The highest BCUT2D eigenvalue weighted by atomic mass is 79.9. The number of rotatable bonds is 5. The Balaban J connectivity index is 2.18. The minimum Gasteiger partial charge on any atom is -0.467 e. The average Bonchev–Trinajstić information content (AvgIpc) is 2.79.